The highest BCUT2D eigenvalue weighted by Gasteiger charge is 2.39. The first-order valence-corrected chi connectivity index (χ1v) is 11.6. The van der Waals surface area contributed by atoms with Crippen molar-refractivity contribution in [3.63, 3.8) is 0 Å². The van der Waals surface area contributed by atoms with Crippen LogP contribution in [0.25, 0.3) is 0 Å². The number of carbonyl (C=O) groups is 2. The van der Waals surface area contributed by atoms with Gasteiger partial charge in [0.2, 0.25) is 0 Å². The summed E-state index contributed by atoms with van der Waals surface area (Å²) in [6.07, 6.45) is 6.99. The van der Waals surface area contributed by atoms with Crippen LogP contribution >= 0.6 is 0 Å². The third kappa shape index (κ3) is 4.58. The van der Waals surface area contributed by atoms with Crippen LogP contribution < -0.4 is 0 Å². The fourth-order valence-electron chi connectivity index (χ4n) is 5.92. The van der Waals surface area contributed by atoms with E-state index in [1.165, 1.54) is 11.1 Å². The third-order valence-corrected chi connectivity index (χ3v) is 8.54. The molecule has 4 heteroatoms. The van der Waals surface area contributed by atoms with Crippen molar-refractivity contribution in [1.29, 1.82) is 0 Å². The van der Waals surface area contributed by atoms with E-state index in [0.29, 0.717) is 11.8 Å². The molecule has 2 fully saturated rings. The summed E-state index contributed by atoms with van der Waals surface area (Å²) in [7, 11) is 0. The number of hydrogen-bond donors (Lipinski definition) is 2. The summed E-state index contributed by atoms with van der Waals surface area (Å²) in [6.45, 7) is 9.23. The third-order valence-electron chi connectivity index (χ3n) is 8.54. The zero-order valence-electron chi connectivity index (χ0n) is 19.0. The van der Waals surface area contributed by atoms with E-state index >= 15 is 0 Å². The van der Waals surface area contributed by atoms with Gasteiger partial charge in [0, 0.05) is 0 Å². The maximum Gasteiger partial charge on any atom is 0.306 e. The highest BCUT2D eigenvalue weighted by molar-refractivity contribution is 5.70. The minimum Gasteiger partial charge on any atom is -0.481 e. The molecule has 2 aliphatic rings. The number of carboxylic acids is 2. The molecule has 166 valence electrons. The second kappa shape index (κ2) is 8.72. The summed E-state index contributed by atoms with van der Waals surface area (Å²) in [6, 6.07) is 8.99. The molecule has 0 saturated heterocycles. The highest BCUT2D eigenvalue weighted by Crippen LogP contribution is 2.46. The van der Waals surface area contributed by atoms with Crippen molar-refractivity contribution in [3.8, 4) is 0 Å². The lowest BCUT2D eigenvalue weighted by molar-refractivity contribution is -0.144. The van der Waals surface area contributed by atoms with Gasteiger partial charge in [0.1, 0.15) is 0 Å². The van der Waals surface area contributed by atoms with Crippen molar-refractivity contribution in [3.05, 3.63) is 35.4 Å². The lowest BCUT2D eigenvalue weighted by Gasteiger charge is -2.41. The molecule has 1 aromatic rings. The summed E-state index contributed by atoms with van der Waals surface area (Å²) in [5.74, 6) is -0.651. The van der Waals surface area contributed by atoms with Crippen molar-refractivity contribution < 1.29 is 19.8 Å². The molecule has 0 radical (unpaired) electrons. The molecule has 0 atom stereocenters. The molecular weight excluding hydrogens is 376 g/mol. The Hall–Kier alpha value is -1.84. The van der Waals surface area contributed by atoms with Gasteiger partial charge in [0.25, 0.3) is 0 Å². The Labute approximate surface area is 181 Å². The van der Waals surface area contributed by atoms with Crippen LogP contribution in [0.4, 0.5) is 0 Å². The molecule has 3 rings (SSSR count). The van der Waals surface area contributed by atoms with Crippen LogP contribution in [0.5, 0.6) is 0 Å². The Kier molecular flexibility index (Phi) is 6.64. The maximum atomic E-state index is 11.3. The zero-order valence-corrected chi connectivity index (χ0v) is 19.0. The summed E-state index contributed by atoms with van der Waals surface area (Å²) in [5.41, 5.74) is 2.70. The van der Waals surface area contributed by atoms with Crippen LogP contribution in [0.15, 0.2) is 24.3 Å². The molecule has 0 unspecified atom stereocenters. The van der Waals surface area contributed by atoms with Crippen LogP contribution in [0, 0.1) is 23.7 Å². The molecule has 4 nitrogen and oxygen atoms in total. The Morgan fingerprint density at radius 2 is 1.03 bits per heavy atom. The SMILES string of the molecule is CC(C)(c1cccc(C(C)(C)C2CCC(C(=O)O)CC2)c1)C1CCC(C(=O)O)CC1. The molecule has 0 bridgehead atoms. The Balaban J connectivity index is 1.75. The van der Waals surface area contributed by atoms with Crippen molar-refractivity contribution in [2.75, 3.05) is 0 Å². The van der Waals surface area contributed by atoms with E-state index in [0.717, 1.165) is 51.4 Å². The zero-order chi connectivity index (χ0) is 22.1. The van der Waals surface area contributed by atoms with Gasteiger partial charge in [-0.2, -0.15) is 0 Å². The van der Waals surface area contributed by atoms with E-state index in [9.17, 15) is 19.8 Å². The van der Waals surface area contributed by atoms with Gasteiger partial charge in [-0.05, 0) is 85.2 Å². The number of carboxylic acid groups (broad SMARTS) is 2. The Morgan fingerprint density at radius 1 is 0.700 bits per heavy atom. The average Bonchev–Trinajstić information content (AvgIpc) is 2.74. The van der Waals surface area contributed by atoms with E-state index < -0.39 is 11.9 Å². The molecule has 2 aliphatic carbocycles. The van der Waals surface area contributed by atoms with Crippen molar-refractivity contribution in [2.24, 2.45) is 23.7 Å². The second-order valence-electron chi connectivity index (χ2n) is 10.8. The Bertz CT molecular complexity index is 702. The second-order valence-corrected chi connectivity index (χ2v) is 10.8. The summed E-state index contributed by atoms with van der Waals surface area (Å²) < 4.78 is 0. The van der Waals surface area contributed by atoms with Crippen molar-refractivity contribution >= 4 is 11.9 Å². The summed E-state index contributed by atoms with van der Waals surface area (Å²) in [5, 5.41) is 18.6. The smallest absolute Gasteiger partial charge is 0.306 e. The predicted molar refractivity (Wildman–Crippen MR) is 119 cm³/mol. The van der Waals surface area contributed by atoms with Gasteiger partial charge in [0.05, 0.1) is 11.8 Å². The Morgan fingerprint density at radius 3 is 1.33 bits per heavy atom. The first kappa shape index (κ1) is 22.8. The van der Waals surface area contributed by atoms with Crippen molar-refractivity contribution in [1.82, 2.24) is 0 Å². The van der Waals surface area contributed by atoms with E-state index in [2.05, 4.69) is 52.0 Å². The van der Waals surface area contributed by atoms with E-state index in [1.807, 2.05) is 0 Å². The largest absolute Gasteiger partial charge is 0.481 e. The molecule has 1 aromatic carbocycles. The molecule has 2 saturated carbocycles. The van der Waals surface area contributed by atoms with Crippen LogP contribution in [-0.4, -0.2) is 22.2 Å². The van der Waals surface area contributed by atoms with E-state index in [-0.39, 0.29) is 22.7 Å². The first-order chi connectivity index (χ1) is 14.0. The lowest BCUT2D eigenvalue weighted by atomic mass is 9.63. The normalized spacial score (nSPS) is 28.1. The van der Waals surface area contributed by atoms with Crippen LogP contribution in [-0.2, 0) is 20.4 Å². The summed E-state index contributed by atoms with van der Waals surface area (Å²) in [4.78, 5) is 22.6. The minimum absolute atomic E-state index is 0.0104. The molecule has 0 aromatic heterocycles. The quantitative estimate of drug-likeness (QED) is 0.596. The topological polar surface area (TPSA) is 74.6 Å². The van der Waals surface area contributed by atoms with Crippen LogP contribution in [0.1, 0.15) is 90.2 Å². The lowest BCUT2D eigenvalue weighted by Crippen LogP contribution is -2.35. The number of hydrogen-bond acceptors (Lipinski definition) is 2. The monoisotopic (exact) mass is 414 g/mol. The molecular formula is C26H38O4. The van der Waals surface area contributed by atoms with Gasteiger partial charge < -0.3 is 10.2 Å². The maximum absolute atomic E-state index is 11.3. The van der Waals surface area contributed by atoms with Gasteiger partial charge in [0.15, 0.2) is 0 Å². The minimum atomic E-state index is -0.646. The van der Waals surface area contributed by atoms with Crippen LogP contribution in [0.2, 0.25) is 0 Å². The van der Waals surface area contributed by atoms with Crippen molar-refractivity contribution in [2.45, 2.75) is 89.9 Å². The van der Waals surface area contributed by atoms with Gasteiger partial charge in [-0.15, -0.1) is 0 Å². The van der Waals surface area contributed by atoms with Gasteiger partial charge >= 0.3 is 11.9 Å². The molecule has 0 amide bonds. The van der Waals surface area contributed by atoms with Gasteiger partial charge in [-0.3, -0.25) is 9.59 Å². The highest BCUT2D eigenvalue weighted by atomic mass is 16.4. The van der Waals surface area contributed by atoms with Crippen LogP contribution in [0.3, 0.4) is 0 Å². The molecule has 0 heterocycles. The molecule has 0 aliphatic heterocycles. The molecule has 0 spiro atoms. The van der Waals surface area contributed by atoms with E-state index in [4.69, 9.17) is 0 Å². The standard InChI is InChI=1S/C26H38O4/c1-25(2,19-12-8-17(9-13-19)23(27)28)21-6-5-7-22(16-21)26(3,4)20-14-10-18(11-15-20)24(29)30/h5-7,16-20H,8-15H2,1-4H3,(H,27,28)(H,29,30). The predicted octanol–water partition coefficient (Wildman–Crippen LogP) is 6.02. The van der Waals surface area contributed by atoms with Gasteiger partial charge in [-0.1, -0.05) is 52.0 Å². The summed E-state index contributed by atoms with van der Waals surface area (Å²) >= 11 is 0. The average molecular weight is 415 g/mol. The van der Waals surface area contributed by atoms with E-state index in [1.54, 1.807) is 0 Å². The van der Waals surface area contributed by atoms with Gasteiger partial charge in [-0.25, -0.2) is 0 Å². The first-order valence-electron chi connectivity index (χ1n) is 11.6. The number of benzene rings is 1. The number of rotatable bonds is 6. The molecule has 30 heavy (non-hydrogen) atoms. The molecule has 2 N–H and O–H groups in total. The number of aliphatic carboxylic acids is 2. The fourth-order valence-corrected chi connectivity index (χ4v) is 5.92. The fraction of sp³-hybridized carbons (Fsp3) is 0.692.